The van der Waals surface area contributed by atoms with E-state index in [1.165, 1.54) is 12.1 Å². The third-order valence-electron chi connectivity index (χ3n) is 3.14. The lowest BCUT2D eigenvalue weighted by Gasteiger charge is -2.16. The molecule has 0 saturated carbocycles. The van der Waals surface area contributed by atoms with Crippen LogP contribution in [-0.4, -0.2) is 13.2 Å². The zero-order valence-corrected chi connectivity index (χ0v) is 13.3. The second-order valence-corrected chi connectivity index (χ2v) is 5.23. The lowest BCUT2D eigenvalue weighted by Crippen LogP contribution is -2.08. The van der Waals surface area contributed by atoms with Crippen LogP contribution in [0.2, 0.25) is 0 Å². The third kappa shape index (κ3) is 4.10. The fourth-order valence-electron chi connectivity index (χ4n) is 2.16. The summed E-state index contributed by atoms with van der Waals surface area (Å²) in [6, 6.07) is 13.5. The first-order valence-corrected chi connectivity index (χ1v) is 7.26. The highest BCUT2D eigenvalue weighted by Gasteiger charge is 2.12. The maximum atomic E-state index is 13.4. The van der Waals surface area contributed by atoms with Gasteiger partial charge in [0, 0.05) is 5.56 Å². The lowest BCUT2D eigenvalue weighted by atomic mass is 10.0. The van der Waals surface area contributed by atoms with Gasteiger partial charge in [0.15, 0.2) is 11.5 Å². The van der Waals surface area contributed by atoms with Gasteiger partial charge in [-0.2, -0.15) is 5.26 Å². The minimum atomic E-state index is -0.382. The van der Waals surface area contributed by atoms with Crippen molar-refractivity contribution in [3.8, 4) is 17.6 Å². The van der Waals surface area contributed by atoms with E-state index < -0.39 is 0 Å². The average Bonchev–Trinajstić information content (AvgIpc) is 2.53. The fourth-order valence-corrected chi connectivity index (χ4v) is 2.16. The summed E-state index contributed by atoms with van der Waals surface area (Å²) in [5.74, 6) is 0.770. The van der Waals surface area contributed by atoms with Gasteiger partial charge in [-0.15, -0.1) is 0 Å². The molecule has 0 aliphatic rings. The summed E-state index contributed by atoms with van der Waals surface area (Å²) in [5.41, 5.74) is 1.58. The minimum absolute atomic E-state index is 0.0434. The van der Waals surface area contributed by atoms with Crippen molar-refractivity contribution in [3.63, 3.8) is 0 Å². The van der Waals surface area contributed by atoms with Crippen LogP contribution in [0.4, 0.5) is 4.39 Å². The Labute approximate surface area is 135 Å². The van der Waals surface area contributed by atoms with E-state index in [0.29, 0.717) is 28.2 Å². The number of rotatable bonds is 5. The van der Waals surface area contributed by atoms with Gasteiger partial charge in [-0.25, -0.2) is 4.39 Å². The molecule has 0 amide bonds. The Balaban J connectivity index is 2.54. The van der Waals surface area contributed by atoms with Gasteiger partial charge in [0.2, 0.25) is 0 Å². The molecule has 23 heavy (non-hydrogen) atoms. The molecule has 0 bridgehead atoms. The van der Waals surface area contributed by atoms with Crippen molar-refractivity contribution >= 4 is 11.6 Å². The zero-order chi connectivity index (χ0) is 16.8. The van der Waals surface area contributed by atoms with Gasteiger partial charge in [-0.1, -0.05) is 24.3 Å². The van der Waals surface area contributed by atoms with Gasteiger partial charge in [-0.05, 0) is 43.7 Å². The molecule has 0 heterocycles. The Morgan fingerprint density at radius 2 is 1.96 bits per heavy atom. The van der Waals surface area contributed by atoms with Crippen molar-refractivity contribution in [2.45, 2.75) is 20.0 Å². The maximum Gasteiger partial charge on any atom is 0.168 e. The highest BCUT2D eigenvalue weighted by atomic mass is 19.1. The minimum Gasteiger partial charge on any atom is -0.493 e. The van der Waals surface area contributed by atoms with E-state index >= 15 is 0 Å². The van der Waals surface area contributed by atoms with Crippen LogP contribution >= 0.6 is 0 Å². The highest BCUT2D eigenvalue weighted by molar-refractivity contribution is 5.91. The molecular weight excluding hydrogens is 293 g/mol. The summed E-state index contributed by atoms with van der Waals surface area (Å²) in [6.07, 6.45) is 1.63. The Morgan fingerprint density at radius 3 is 2.57 bits per heavy atom. The number of para-hydroxylation sites is 1. The topological polar surface area (TPSA) is 42.2 Å². The van der Waals surface area contributed by atoms with E-state index in [4.69, 9.17) is 9.47 Å². The molecule has 0 aliphatic heterocycles. The van der Waals surface area contributed by atoms with Crippen LogP contribution in [0.25, 0.3) is 11.6 Å². The van der Waals surface area contributed by atoms with E-state index in [2.05, 4.69) is 6.07 Å². The molecule has 118 valence electrons. The van der Waals surface area contributed by atoms with Crippen LogP contribution in [0, 0.1) is 17.1 Å². The number of allylic oxidation sites excluding steroid dienone is 1. The lowest BCUT2D eigenvalue weighted by molar-refractivity contribution is 0.229. The molecule has 3 nitrogen and oxygen atoms in total. The standard InChI is InChI=1S/C19H18FNO2/c1-13(2)23-19-15(7-5-9-18(19)22-3)10-16(12-21)14-6-4-8-17(20)11-14/h4-11,13H,1-3H3/b16-10-. The summed E-state index contributed by atoms with van der Waals surface area (Å²) in [5, 5.41) is 9.42. The monoisotopic (exact) mass is 311 g/mol. The van der Waals surface area contributed by atoms with Gasteiger partial charge in [0.05, 0.1) is 24.9 Å². The predicted octanol–water partition coefficient (Wildman–Crippen LogP) is 4.69. The predicted molar refractivity (Wildman–Crippen MR) is 88.6 cm³/mol. The Morgan fingerprint density at radius 1 is 1.22 bits per heavy atom. The largest absolute Gasteiger partial charge is 0.493 e. The number of hydrogen-bond acceptors (Lipinski definition) is 3. The number of halogens is 1. The maximum absolute atomic E-state index is 13.4. The summed E-state index contributed by atoms with van der Waals surface area (Å²) in [7, 11) is 1.56. The Bertz CT molecular complexity index is 760. The van der Waals surface area contributed by atoms with Crippen molar-refractivity contribution in [1.29, 1.82) is 5.26 Å². The van der Waals surface area contributed by atoms with Crippen molar-refractivity contribution in [2.75, 3.05) is 7.11 Å². The summed E-state index contributed by atoms with van der Waals surface area (Å²) in [6.45, 7) is 3.83. The van der Waals surface area contributed by atoms with Gasteiger partial charge in [0.25, 0.3) is 0 Å². The quantitative estimate of drug-likeness (QED) is 0.594. The fraction of sp³-hybridized carbons (Fsp3) is 0.211. The summed E-state index contributed by atoms with van der Waals surface area (Å²) >= 11 is 0. The zero-order valence-electron chi connectivity index (χ0n) is 13.3. The van der Waals surface area contributed by atoms with Crippen molar-refractivity contribution in [2.24, 2.45) is 0 Å². The molecule has 0 atom stereocenters. The molecule has 4 heteroatoms. The second kappa shape index (κ2) is 7.46. The van der Waals surface area contributed by atoms with Crippen molar-refractivity contribution < 1.29 is 13.9 Å². The van der Waals surface area contributed by atoms with Crippen LogP contribution in [0.15, 0.2) is 42.5 Å². The average molecular weight is 311 g/mol. The number of nitrogens with zero attached hydrogens (tertiary/aromatic N) is 1. The smallest absolute Gasteiger partial charge is 0.168 e. The number of hydrogen-bond donors (Lipinski definition) is 0. The molecular formula is C19H18FNO2. The van der Waals surface area contributed by atoms with Crippen LogP contribution in [0.3, 0.4) is 0 Å². The molecule has 2 aromatic carbocycles. The summed E-state index contributed by atoms with van der Waals surface area (Å²) in [4.78, 5) is 0. The van der Waals surface area contributed by atoms with Crippen LogP contribution < -0.4 is 9.47 Å². The normalized spacial score (nSPS) is 11.2. The molecule has 0 spiro atoms. The molecule has 0 unspecified atom stereocenters. The first-order chi connectivity index (χ1) is 11.0. The molecule has 0 N–H and O–H groups in total. The molecule has 0 radical (unpaired) electrons. The molecule has 0 aliphatic carbocycles. The first kappa shape index (κ1) is 16.6. The van der Waals surface area contributed by atoms with E-state index in [1.807, 2.05) is 26.0 Å². The second-order valence-electron chi connectivity index (χ2n) is 5.23. The SMILES string of the molecule is COc1cccc(/C=C(/C#N)c2cccc(F)c2)c1OC(C)C. The van der Waals surface area contributed by atoms with E-state index in [9.17, 15) is 9.65 Å². The number of benzene rings is 2. The number of methoxy groups -OCH3 is 1. The van der Waals surface area contributed by atoms with E-state index in [-0.39, 0.29) is 11.9 Å². The molecule has 2 rings (SSSR count). The molecule has 2 aromatic rings. The van der Waals surface area contributed by atoms with Gasteiger partial charge < -0.3 is 9.47 Å². The van der Waals surface area contributed by atoms with Crippen LogP contribution in [0.5, 0.6) is 11.5 Å². The van der Waals surface area contributed by atoms with E-state index in [0.717, 1.165) is 0 Å². The molecule has 0 saturated heterocycles. The highest BCUT2D eigenvalue weighted by Crippen LogP contribution is 2.34. The van der Waals surface area contributed by atoms with Crippen molar-refractivity contribution in [3.05, 3.63) is 59.4 Å². The Kier molecular flexibility index (Phi) is 5.37. The number of ether oxygens (including phenoxy) is 2. The first-order valence-electron chi connectivity index (χ1n) is 7.26. The van der Waals surface area contributed by atoms with Crippen LogP contribution in [0.1, 0.15) is 25.0 Å². The van der Waals surface area contributed by atoms with Crippen molar-refractivity contribution in [1.82, 2.24) is 0 Å². The van der Waals surface area contributed by atoms with E-state index in [1.54, 1.807) is 31.4 Å². The third-order valence-corrected chi connectivity index (χ3v) is 3.14. The van der Waals surface area contributed by atoms with Gasteiger partial charge >= 0.3 is 0 Å². The Hall–Kier alpha value is -2.80. The molecule has 0 aromatic heterocycles. The molecule has 0 fully saturated rings. The summed E-state index contributed by atoms with van der Waals surface area (Å²) < 4.78 is 24.5. The van der Waals surface area contributed by atoms with Gasteiger partial charge in [-0.3, -0.25) is 0 Å². The van der Waals surface area contributed by atoms with Crippen LogP contribution in [-0.2, 0) is 0 Å². The van der Waals surface area contributed by atoms with Gasteiger partial charge in [0.1, 0.15) is 5.82 Å². The number of nitriles is 1.